The molecule has 2 amide bonds. The Morgan fingerprint density at radius 2 is 2.00 bits per heavy atom. The Morgan fingerprint density at radius 3 is 2.56 bits per heavy atom. The van der Waals surface area contributed by atoms with Gasteiger partial charge in [-0.2, -0.15) is 10.5 Å². The van der Waals surface area contributed by atoms with Crippen LogP contribution in [-0.2, 0) is 9.59 Å². The molecule has 0 bridgehead atoms. The molecule has 1 aromatic rings. The van der Waals surface area contributed by atoms with Gasteiger partial charge in [0.1, 0.15) is 5.92 Å². The number of rotatable bonds is 4. The van der Waals surface area contributed by atoms with Crippen LogP contribution in [0, 0.1) is 47.8 Å². The molecule has 1 aliphatic rings. The van der Waals surface area contributed by atoms with E-state index in [-0.39, 0.29) is 5.91 Å². The Morgan fingerprint density at radius 1 is 1.33 bits per heavy atom. The van der Waals surface area contributed by atoms with Crippen LogP contribution in [-0.4, -0.2) is 17.1 Å². The van der Waals surface area contributed by atoms with Crippen LogP contribution in [0.25, 0.3) is 0 Å². The summed E-state index contributed by atoms with van der Waals surface area (Å²) in [6.45, 7) is 9.00. The van der Waals surface area contributed by atoms with Gasteiger partial charge in [-0.1, -0.05) is 43.3 Å². The third kappa shape index (κ3) is 4.15. The second-order valence-electron chi connectivity index (χ2n) is 7.16. The minimum absolute atomic E-state index is 0.230. The van der Waals surface area contributed by atoms with E-state index in [9.17, 15) is 20.1 Å². The molecule has 0 unspecified atom stereocenters. The topological polar surface area (TPSA) is 106 Å². The van der Waals surface area contributed by atoms with Crippen LogP contribution in [0.2, 0.25) is 0 Å². The van der Waals surface area contributed by atoms with Crippen LogP contribution in [0.1, 0.15) is 31.9 Å². The molecule has 1 aliphatic heterocycles. The average molecular weight is 382 g/mol. The summed E-state index contributed by atoms with van der Waals surface area (Å²) in [5.74, 6) is -1.63. The van der Waals surface area contributed by atoms with E-state index in [2.05, 4.69) is 16.7 Å². The molecule has 0 aliphatic carbocycles. The van der Waals surface area contributed by atoms with Crippen molar-refractivity contribution in [3.63, 3.8) is 0 Å². The van der Waals surface area contributed by atoms with Gasteiger partial charge in [-0.05, 0) is 32.4 Å². The second-order valence-corrected chi connectivity index (χ2v) is 8.51. The van der Waals surface area contributed by atoms with Crippen LogP contribution in [0.3, 0.4) is 0 Å². The summed E-state index contributed by atoms with van der Waals surface area (Å²) in [7, 11) is 0. The van der Waals surface area contributed by atoms with Crippen molar-refractivity contribution in [1.82, 2.24) is 5.32 Å². The molecule has 6 nitrogen and oxygen atoms in total. The number of nitrogens with zero attached hydrogens (tertiary/aromatic N) is 2. The molecule has 2 atom stereocenters. The largest absolute Gasteiger partial charge is 0.325 e. The summed E-state index contributed by atoms with van der Waals surface area (Å²) >= 11 is 1.11. The van der Waals surface area contributed by atoms with E-state index >= 15 is 0 Å². The van der Waals surface area contributed by atoms with Crippen molar-refractivity contribution < 1.29 is 9.59 Å². The van der Waals surface area contributed by atoms with E-state index in [1.165, 1.54) is 0 Å². The number of nitriles is 2. The minimum Gasteiger partial charge on any atom is -0.325 e. The molecule has 27 heavy (non-hydrogen) atoms. The highest BCUT2D eigenvalue weighted by molar-refractivity contribution is 8.04. The van der Waals surface area contributed by atoms with Crippen molar-refractivity contribution in [1.29, 1.82) is 10.5 Å². The summed E-state index contributed by atoms with van der Waals surface area (Å²) in [6, 6.07) is 9.81. The molecule has 1 heterocycles. The summed E-state index contributed by atoms with van der Waals surface area (Å²) in [4.78, 5) is 24.8. The van der Waals surface area contributed by atoms with Gasteiger partial charge in [0.2, 0.25) is 11.8 Å². The Bertz CT molecular complexity index is 906. The highest BCUT2D eigenvalue weighted by Gasteiger charge is 2.45. The predicted octanol–water partition coefficient (Wildman–Crippen LogP) is 3.39. The number of aryl methyl sites for hydroxylation is 2. The summed E-state index contributed by atoms with van der Waals surface area (Å²) in [5.41, 5.74) is 2.19. The molecular formula is C20H22N4O2S. The Kier molecular flexibility index (Phi) is 5.98. The average Bonchev–Trinajstić information content (AvgIpc) is 2.56. The van der Waals surface area contributed by atoms with Crippen molar-refractivity contribution in [3.8, 4) is 12.1 Å². The normalized spacial score (nSPS) is 19.5. The number of amides is 2. The molecule has 7 heteroatoms. The quantitative estimate of drug-likeness (QED) is 0.830. The zero-order valence-corrected chi connectivity index (χ0v) is 16.8. The minimum atomic E-state index is -0.948. The number of anilines is 1. The van der Waals surface area contributed by atoms with E-state index in [0.717, 1.165) is 28.6 Å². The number of allylic oxidation sites excluding steroid dienone is 1. The maximum atomic E-state index is 12.6. The maximum absolute atomic E-state index is 12.6. The number of benzene rings is 1. The van der Waals surface area contributed by atoms with Gasteiger partial charge in [-0.25, -0.2) is 0 Å². The first-order valence-corrected chi connectivity index (χ1v) is 9.40. The van der Waals surface area contributed by atoms with Crippen molar-refractivity contribution in [2.24, 2.45) is 11.3 Å². The lowest BCUT2D eigenvalue weighted by Crippen LogP contribution is -2.45. The monoisotopic (exact) mass is 382 g/mol. The predicted molar refractivity (Wildman–Crippen MR) is 105 cm³/mol. The van der Waals surface area contributed by atoms with Gasteiger partial charge in [0.15, 0.2) is 0 Å². The summed E-state index contributed by atoms with van der Waals surface area (Å²) in [6.07, 6.45) is 0. The Labute approximate surface area is 163 Å². The first kappa shape index (κ1) is 20.5. The number of carbonyl (C=O) groups is 2. The lowest BCUT2D eigenvalue weighted by atomic mass is 9.72. The number of hydrogen-bond donors (Lipinski definition) is 2. The van der Waals surface area contributed by atoms with E-state index in [0.29, 0.717) is 10.6 Å². The third-order valence-electron chi connectivity index (χ3n) is 4.64. The van der Waals surface area contributed by atoms with Crippen LogP contribution >= 0.6 is 11.8 Å². The van der Waals surface area contributed by atoms with Crippen LogP contribution in [0.15, 0.2) is 28.8 Å². The molecule has 0 saturated heterocycles. The Hall–Kier alpha value is -2.77. The van der Waals surface area contributed by atoms with E-state index in [1.54, 1.807) is 20.8 Å². The van der Waals surface area contributed by atoms with Crippen LogP contribution in [0.4, 0.5) is 5.69 Å². The Balaban J connectivity index is 2.23. The lowest BCUT2D eigenvalue weighted by molar-refractivity contribution is -0.125. The maximum Gasteiger partial charge on any atom is 0.243 e. The molecule has 140 valence electrons. The van der Waals surface area contributed by atoms with Crippen molar-refractivity contribution in [2.75, 3.05) is 5.32 Å². The molecular weight excluding hydrogens is 360 g/mol. The van der Waals surface area contributed by atoms with Gasteiger partial charge in [-0.3, -0.25) is 9.59 Å². The molecule has 2 rings (SSSR count). The lowest BCUT2D eigenvalue weighted by Gasteiger charge is -2.35. The summed E-state index contributed by atoms with van der Waals surface area (Å²) in [5, 5.41) is 24.1. The number of nitrogens with one attached hydrogen (secondary N) is 2. The first-order valence-electron chi connectivity index (χ1n) is 8.52. The fourth-order valence-electron chi connectivity index (χ4n) is 2.93. The molecule has 1 aromatic carbocycles. The van der Waals surface area contributed by atoms with Gasteiger partial charge >= 0.3 is 0 Å². The smallest absolute Gasteiger partial charge is 0.243 e. The van der Waals surface area contributed by atoms with Crippen molar-refractivity contribution in [3.05, 3.63) is 39.9 Å². The fourth-order valence-corrected chi connectivity index (χ4v) is 4.04. The van der Waals surface area contributed by atoms with Gasteiger partial charge in [0, 0.05) is 11.1 Å². The zero-order valence-electron chi connectivity index (χ0n) is 16.0. The number of carbonyl (C=O) groups excluding carboxylic acids is 2. The molecule has 0 radical (unpaired) electrons. The van der Waals surface area contributed by atoms with E-state index < -0.39 is 22.5 Å². The van der Waals surface area contributed by atoms with Gasteiger partial charge in [0.25, 0.3) is 0 Å². The summed E-state index contributed by atoms with van der Waals surface area (Å²) < 4.78 is 0. The molecule has 0 aromatic heterocycles. The molecule has 0 fully saturated rings. The molecule has 0 spiro atoms. The molecule has 2 N–H and O–H groups in total. The SMILES string of the molecule is Cc1ccc(NC(=O)[C@@H](C)SC2=C(C#N)C(C)(C)[C@H](C#N)C(=O)N2)c(C)c1. The van der Waals surface area contributed by atoms with E-state index in [4.69, 9.17) is 0 Å². The van der Waals surface area contributed by atoms with Gasteiger partial charge in [-0.15, -0.1) is 0 Å². The standard InChI is InChI=1S/C20H22N4O2S/c1-11-6-7-16(12(2)8-11)23-17(25)13(3)27-19-15(10-22)20(4,5)14(9-21)18(26)24-19/h6-8,13-14H,1-5H3,(H,23,25)(H,24,26)/t13-,14-/m1/s1. The van der Waals surface area contributed by atoms with E-state index in [1.807, 2.05) is 38.1 Å². The number of thioether (sulfide) groups is 1. The van der Waals surface area contributed by atoms with Crippen molar-refractivity contribution >= 4 is 29.3 Å². The molecule has 0 saturated carbocycles. The van der Waals surface area contributed by atoms with Gasteiger partial charge < -0.3 is 10.6 Å². The first-order chi connectivity index (χ1) is 12.6. The van der Waals surface area contributed by atoms with Crippen molar-refractivity contribution in [2.45, 2.75) is 39.9 Å². The second kappa shape index (κ2) is 7.85. The number of hydrogen-bond acceptors (Lipinski definition) is 5. The highest BCUT2D eigenvalue weighted by Crippen LogP contribution is 2.42. The van der Waals surface area contributed by atoms with Crippen LogP contribution in [0.5, 0.6) is 0 Å². The van der Waals surface area contributed by atoms with Crippen LogP contribution < -0.4 is 10.6 Å². The fraction of sp³-hybridized carbons (Fsp3) is 0.400. The highest BCUT2D eigenvalue weighted by atomic mass is 32.2. The zero-order chi connectivity index (χ0) is 20.4. The van der Waals surface area contributed by atoms with Gasteiger partial charge in [0.05, 0.1) is 28.0 Å². The third-order valence-corrected chi connectivity index (χ3v) is 5.75.